The lowest BCUT2D eigenvalue weighted by Gasteiger charge is -2.12. The van der Waals surface area contributed by atoms with Crippen LogP contribution in [0.5, 0.6) is 0 Å². The van der Waals surface area contributed by atoms with Gasteiger partial charge in [0.05, 0.1) is 16.6 Å². The van der Waals surface area contributed by atoms with E-state index in [1.807, 2.05) is 6.07 Å². The normalized spacial score (nSPS) is 12.0. The molecule has 1 aromatic heterocycles. The van der Waals surface area contributed by atoms with Crippen molar-refractivity contribution in [3.8, 4) is 11.4 Å². The SMILES string of the molecule is CSc1ccc(-c2nc3ccccc3[nH]2)c(C(F)(F)F)c1. The number of hydrogen-bond donors (Lipinski definition) is 1. The number of aromatic amines is 1. The zero-order valence-corrected chi connectivity index (χ0v) is 11.8. The van der Waals surface area contributed by atoms with Crippen molar-refractivity contribution in [2.75, 3.05) is 6.26 Å². The van der Waals surface area contributed by atoms with Gasteiger partial charge in [0.25, 0.3) is 0 Å². The van der Waals surface area contributed by atoms with Crippen LogP contribution in [-0.4, -0.2) is 16.2 Å². The third-order valence-electron chi connectivity index (χ3n) is 3.18. The van der Waals surface area contributed by atoms with Crippen LogP contribution in [0, 0.1) is 0 Å². The van der Waals surface area contributed by atoms with Crippen LogP contribution >= 0.6 is 11.8 Å². The minimum atomic E-state index is -4.42. The maximum atomic E-state index is 13.3. The minimum Gasteiger partial charge on any atom is -0.338 e. The van der Waals surface area contributed by atoms with E-state index in [0.717, 1.165) is 11.6 Å². The molecule has 1 N–H and O–H groups in total. The summed E-state index contributed by atoms with van der Waals surface area (Å²) in [5, 5.41) is 0. The number of rotatable bonds is 2. The molecule has 0 saturated heterocycles. The number of nitrogens with one attached hydrogen (secondary N) is 1. The van der Waals surface area contributed by atoms with Gasteiger partial charge in [0, 0.05) is 10.5 Å². The van der Waals surface area contributed by atoms with Crippen molar-refractivity contribution in [1.82, 2.24) is 9.97 Å². The second-order valence-electron chi connectivity index (χ2n) is 4.51. The van der Waals surface area contributed by atoms with Crippen LogP contribution in [-0.2, 0) is 6.18 Å². The summed E-state index contributed by atoms with van der Waals surface area (Å²) >= 11 is 1.28. The van der Waals surface area contributed by atoms with Crippen molar-refractivity contribution in [2.24, 2.45) is 0 Å². The first-order valence-corrected chi connectivity index (χ1v) is 7.42. The molecule has 2 nitrogen and oxygen atoms in total. The fraction of sp³-hybridized carbons (Fsp3) is 0.133. The van der Waals surface area contributed by atoms with E-state index in [1.54, 1.807) is 30.5 Å². The molecule has 2 aromatic carbocycles. The van der Waals surface area contributed by atoms with Crippen LogP contribution in [0.1, 0.15) is 5.56 Å². The molecule has 0 atom stereocenters. The predicted molar refractivity (Wildman–Crippen MR) is 78.3 cm³/mol. The molecule has 3 aromatic rings. The summed E-state index contributed by atoms with van der Waals surface area (Å²) < 4.78 is 39.8. The Morgan fingerprint density at radius 1 is 1.10 bits per heavy atom. The van der Waals surface area contributed by atoms with E-state index in [2.05, 4.69) is 9.97 Å². The number of aromatic nitrogens is 2. The molecule has 108 valence electrons. The van der Waals surface area contributed by atoms with Crippen LogP contribution < -0.4 is 0 Å². The highest BCUT2D eigenvalue weighted by Crippen LogP contribution is 2.38. The molecule has 0 aliphatic heterocycles. The molecule has 0 bridgehead atoms. The Balaban J connectivity index is 2.21. The summed E-state index contributed by atoms with van der Waals surface area (Å²) in [6.45, 7) is 0. The number of alkyl halides is 3. The van der Waals surface area contributed by atoms with Gasteiger partial charge in [-0.05, 0) is 36.6 Å². The van der Waals surface area contributed by atoms with E-state index in [0.29, 0.717) is 10.4 Å². The molecule has 21 heavy (non-hydrogen) atoms. The van der Waals surface area contributed by atoms with Crippen LogP contribution in [0.4, 0.5) is 13.2 Å². The Morgan fingerprint density at radius 3 is 2.52 bits per heavy atom. The average Bonchev–Trinajstić information content (AvgIpc) is 2.89. The number of halogens is 3. The first kappa shape index (κ1) is 14.0. The molecule has 0 saturated carbocycles. The van der Waals surface area contributed by atoms with Gasteiger partial charge < -0.3 is 4.98 Å². The van der Waals surface area contributed by atoms with E-state index >= 15 is 0 Å². The number of hydrogen-bond acceptors (Lipinski definition) is 2. The monoisotopic (exact) mass is 308 g/mol. The zero-order valence-electron chi connectivity index (χ0n) is 11.0. The molecule has 0 radical (unpaired) electrons. The highest BCUT2D eigenvalue weighted by Gasteiger charge is 2.34. The van der Waals surface area contributed by atoms with Crippen molar-refractivity contribution >= 4 is 22.8 Å². The third kappa shape index (κ3) is 2.63. The van der Waals surface area contributed by atoms with Crippen LogP contribution in [0.15, 0.2) is 47.4 Å². The number of benzene rings is 2. The van der Waals surface area contributed by atoms with Gasteiger partial charge >= 0.3 is 6.18 Å². The number of fused-ring (bicyclic) bond motifs is 1. The third-order valence-corrected chi connectivity index (χ3v) is 3.90. The number of para-hydroxylation sites is 2. The van der Waals surface area contributed by atoms with E-state index in [-0.39, 0.29) is 11.4 Å². The topological polar surface area (TPSA) is 28.7 Å². The zero-order chi connectivity index (χ0) is 15.0. The van der Waals surface area contributed by atoms with Gasteiger partial charge in [-0.2, -0.15) is 13.2 Å². The van der Waals surface area contributed by atoms with E-state index < -0.39 is 11.7 Å². The molecule has 0 spiro atoms. The molecular weight excluding hydrogens is 297 g/mol. The van der Waals surface area contributed by atoms with Crippen LogP contribution in [0.2, 0.25) is 0 Å². The van der Waals surface area contributed by atoms with Crippen molar-refractivity contribution in [3.63, 3.8) is 0 Å². The quantitative estimate of drug-likeness (QED) is 0.677. The van der Waals surface area contributed by atoms with Crippen LogP contribution in [0.3, 0.4) is 0 Å². The maximum Gasteiger partial charge on any atom is 0.417 e. The molecule has 0 aliphatic carbocycles. The molecule has 6 heteroatoms. The van der Waals surface area contributed by atoms with Gasteiger partial charge in [-0.15, -0.1) is 11.8 Å². The van der Waals surface area contributed by atoms with Gasteiger partial charge in [-0.1, -0.05) is 12.1 Å². The van der Waals surface area contributed by atoms with Crippen molar-refractivity contribution in [2.45, 2.75) is 11.1 Å². The summed E-state index contributed by atoms with van der Waals surface area (Å²) in [4.78, 5) is 7.77. The molecular formula is C15H11F3N2S. The smallest absolute Gasteiger partial charge is 0.338 e. The maximum absolute atomic E-state index is 13.3. The summed E-state index contributed by atoms with van der Waals surface area (Å²) in [5.41, 5.74) is 0.758. The molecule has 1 heterocycles. The highest BCUT2D eigenvalue weighted by molar-refractivity contribution is 7.98. The second kappa shape index (κ2) is 5.11. The lowest BCUT2D eigenvalue weighted by molar-refractivity contribution is -0.137. The Morgan fingerprint density at radius 2 is 1.86 bits per heavy atom. The molecule has 3 rings (SSSR count). The van der Waals surface area contributed by atoms with Crippen molar-refractivity contribution in [3.05, 3.63) is 48.0 Å². The molecule has 0 fully saturated rings. The fourth-order valence-corrected chi connectivity index (χ4v) is 2.61. The molecule has 0 amide bonds. The Labute approximate surface area is 123 Å². The summed E-state index contributed by atoms with van der Waals surface area (Å²) in [6, 6.07) is 11.5. The lowest BCUT2D eigenvalue weighted by atomic mass is 10.1. The summed E-state index contributed by atoms with van der Waals surface area (Å²) in [7, 11) is 0. The number of imidazole rings is 1. The first-order chi connectivity index (χ1) is 9.99. The number of H-pyrrole nitrogens is 1. The number of thioether (sulfide) groups is 1. The summed E-state index contributed by atoms with van der Waals surface area (Å²) in [5.74, 6) is 0.233. The van der Waals surface area contributed by atoms with Gasteiger partial charge in [-0.25, -0.2) is 4.98 Å². The van der Waals surface area contributed by atoms with E-state index in [1.165, 1.54) is 17.8 Å². The predicted octanol–water partition coefficient (Wildman–Crippen LogP) is 4.97. The van der Waals surface area contributed by atoms with Gasteiger partial charge in [0.1, 0.15) is 5.82 Å². The highest BCUT2D eigenvalue weighted by atomic mass is 32.2. The molecule has 0 unspecified atom stereocenters. The Bertz CT molecular complexity index is 760. The standard InChI is InChI=1S/C15H11F3N2S/c1-21-9-6-7-10(11(8-9)15(16,17)18)14-19-12-4-2-3-5-13(12)20-14/h2-8H,1H3,(H,19,20). The molecule has 0 aliphatic rings. The lowest BCUT2D eigenvalue weighted by Crippen LogP contribution is -2.07. The van der Waals surface area contributed by atoms with Gasteiger partial charge in [0.15, 0.2) is 0 Å². The average molecular weight is 308 g/mol. The number of nitrogens with zero attached hydrogens (tertiary/aromatic N) is 1. The first-order valence-electron chi connectivity index (χ1n) is 6.19. The van der Waals surface area contributed by atoms with Crippen molar-refractivity contribution < 1.29 is 13.2 Å². The van der Waals surface area contributed by atoms with E-state index in [9.17, 15) is 13.2 Å². The Hall–Kier alpha value is -1.95. The fourth-order valence-electron chi connectivity index (χ4n) is 2.17. The largest absolute Gasteiger partial charge is 0.417 e. The van der Waals surface area contributed by atoms with Crippen LogP contribution in [0.25, 0.3) is 22.4 Å². The van der Waals surface area contributed by atoms with Crippen molar-refractivity contribution in [1.29, 1.82) is 0 Å². The minimum absolute atomic E-state index is 0.0662. The Kier molecular flexibility index (Phi) is 3.41. The summed E-state index contributed by atoms with van der Waals surface area (Å²) in [6.07, 6.45) is -2.67. The second-order valence-corrected chi connectivity index (χ2v) is 5.39. The van der Waals surface area contributed by atoms with Gasteiger partial charge in [-0.3, -0.25) is 0 Å². The van der Waals surface area contributed by atoms with E-state index in [4.69, 9.17) is 0 Å². The van der Waals surface area contributed by atoms with Gasteiger partial charge in [0.2, 0.25) is 0 Å².